The van der Waals surface area contributed by atoms with Crippen molar-refractivity contribution in [2.75, 3.05) is 24.6 Å². The summed E-state index contributed by atoms with van der Waals surface area (Å²) in [4.78, 5) is 15.0. The van der Waals surface area contributed by atoms with Gasteiger partial charge in [0.15, 0.2) is 0 Å². The van der Waals surface area contributed by atoms with Crippen molar-refractivity contribution in [1.82, 2.24) is 5.32 Å². The van der Waals surface area contributed by atoms with E-state index in [1.165, 1.54) is 5.56 Å². The Labute approximate surface area is 126 Å². The van der Waals surface area contributed by atoms with Gasteiger partial charge in [0.1, 0.15) is 5.75 Å². The summed E-state index contributed by atoms with van der Waals surface area (Å²) in [7, 11) is 0. The standard InChI is InChI=1S/C17H24N2O2/c1-3-12(2)17(20)19(13-7-9-18-11-13)15-5-4-6-16-14(15)8-10-21-16/h4-6,12-13,18H,3,7-11H2,1-2H3. The molecule has 2 atom stereocenters. The van der Waals surface area contributed by atoms with Gasteiger partial charge in [-0.1, -0.05) is 19.9 Å². The molecule has 0 aliphatic carbocycles. The zero-order valence-electron chi connectivity index (χ0n) is 12.9. The lowest BCUT2D eigenvalue weighted by Crippen LogP contribution is -2.44. The fourth-order valence-electron chi connectivity index (χ4n) is 3.20. The van der Waals surface area contributed by atoms with Gasteiger partial charge in [-0.3, -0.25) is 4.79 Å². The highest BCUT2D eigenvalue weighted by Gasteiger charge is 2.32. The van der Waals surface area contributed by atoms with Gasteiger partial charge in [0.25, 0.3) is 0 Å². The fourth-order valence-corrected chi connectivity index (χ4v) is 3.20. The largest absolute Gasteiger partial charge is 0.493 e. The normalized spacial score (nSPS) is 21.7. The number of ether oxygens (including phenoxy) is 1. The van der Waals surface area contributed by atoms with E-state index in [1.54, 1.807) is 0 Å². The van der Waals surface area contributed by atoms with Crippen LogP contribution in [0.1, 0.15) is 32.3 Å². The summed E-state index contributed by atoms with van der Waals surface area (Å²) in [6.45, 7) is 6.69. The third-order valence-electron chi connectivity index (χ3n) is 4.65. The van der Waals surface area contributed by atoms with Crippen molar-refractivity contribution in [2.24, 2.45) is 5.92 Å². The summed E-state index contributed by atoms with van der Waals surface area (Å²) in [6.07, 6.45) is 2.80. The van der Waals surface area contributed by atoms with Gasteiger partial charge in [-0.15, -0.1) is 0 Å². The third-order valence-corrected chi connectivity index (χ3v) is 4.65. The van der Waals surface area contributed by atoms with E-state index in [9.17, 15) is 4.79 Å². The van der Waals surface area contributed by atoms with Crippen LogP contribution < -0.4 is 15.0 Å². The molecule has 2 aliphatic rings. The molecule has 21 heavy (non-hydrogen) atoms. The van der Waals surface area contributed by atoms with Crippen LogP contribution in [0, 0.1) is 5.92 Å². The van der Waals surface area contributed by atoms with Crippen molar-refractivity contribution in [3.8, 4) is 5.75 Å². The monoisotopic (exact) mass is 288 g/mol. The van der Waals surface area contributed by atoms with E-state index >= 15 is 0 Å². The molecule has 1 N–H and O–H groups in total. The maximum atomic E-state index is 12.9. The Hall–Kier alpha value is -1.55. The number of carbonyl (C=O) groups is 1. The van der Waals surface area contributed by atoms with Gasteiger partial charge in [0.2, 0.25) is 5.91 Å². The number of nitrogens with one attached hydrogen (secondary N) is 1. The van der Waals surface area contributed by atoms with Crippen molar-refractivity contribution >= 4 is 11.6 Å². The molecular weight excluding hydrogens is 264 g/mol. The Kier molecular flexibility index (Phi) is 4.15. The first-order valence-electron chi connectivity index (χ1n) is 8.00. The van der Waals surface area contributed by atoms with E-state index in [2.05, 4.69) is 18.3 Å². The molecule has 1 fully saturated rings. The number of carbonyl (C=O) groups excluding carboxylic acids is 1. The number of hydrogen-bond donors (Lipinski definition) is 1. The maximum absolute atomic E-state index is 12.9. The molecule has 2 unspecified atom stereocenters. The Morgan fingerprint density at radius 3 is 3.10 bits per heavy atom. The zero-order chi connectivity index (χ0) is 14.8. The highest BCUT2D eigenvalue weighted by molar-refractivity contribution is 5.96. The van der Waals surface area contributed by atoms with E-state index in [4.69, 9.17) is 4.74 Å². The number of anilines is 1. The molecule has 0 spiro atoms. The minimum atomic E-state index is 0.0591. The van der Waals surface area contributed by atoms with Crippen molar-refractivity contribution in [2.45, 2.75) is 39.2 Å². The lowest BCUT2D eigenvalue weighted by molar-refractivity contribution is -0.122. The zero-order valence-corrected chi connectivity index (χ0v) is 12.9. The predicted molar refractivity (Wildman–Crippen MR) is 83.9 cm³/mol. The van der Waals surface area contributed by atoms with Gasteiger partial charge in [-0.05, 0) is 31.5 Å². The number of hydrogen-bond acceptors (Lipinski definition) is 3. The minimum Gasteiger partial charge on any atom is -0.493 e. The van der Waals surface area contributed by atoms with Crippen LogP contribution >= 0.6 is 0 Å². The average Bonchev–Trinajstić information content (AvgIpc) is 3.17. The Morgan fingerprint density at radius 2 is 2.38 bits per heavy atom. The molecule has 114 valence electrons. The van der Waals surface area contributed by atoms with Crippen LogP contribution in [0.25, 0.3) is 0 Å². The predicted octanol–water partition coefficient (Wildman–Crippen LogP) is 2.36. The molecule has 1 amide bonds. The Morgan fingerprint density at radius 1 is 1.52 bits per heavy atom. The first kappa shape index (κ1) is 14.4. The van der Waals surface area contributed by atoms with Crippen molar-refractivity contribution in [3.05, 3.63) is 23.8 Å². The SMILES string of the molecule is CCC(C)C(=O)N(c1cccc2c1CCO2)C1CCNC1. The molecule has 1 saturated heterocycles. The highest BCUT2D eigenvalue weighted by Crippen LogP contribution is 2.36. The second kappa shape index (κ2) is 6.06. The van der Waals surface area contributed by atoms with E-state index in [0.29, 0.717) is 0 Å². The van der Waals surface area contributed by atoms with Gasteiger partial charge in [0, 0.05) is 24.4 Å². The highest BCUT2D eigenvalue weighted by atomic mass is 16.5. The van der Waals surface area contributed by atoms with Crippen LogP contribution in [-0.4, -0.2) is 31.6 Å². The summed E-state index contributed by atoms with van der Waals surface area (Å²) in [5.74, 6) is 1.25. The number of nitrogens with zero attached hydrogens (tertiary/aromatic N) is 1. The van der Waals surface area contributed by atoms with E-state index in [1.807, 2.05) is 24.0 Å². The molecule has 1 aromatic rings. The Bertz CT molecular complexity index is 524. The second-order valence-electron chi connectivity index (χ2n) is 6.02. The number of fused-ring (bicyclic) bond motifs is 1. The molecule has 0 saturated carbocycles. The van der Waals surface area contributed by atoms with Crippen LogP contribution in [0.5, 0.6) is 5.75 Å². The molecule has 0 aromatic heterocycles. The van der Waals surface area contributed by atoms with Gasteiger partial charge >= 0.3 is 0 Å². The first-order chi connectivity index (χ1) is 10.2. The summed E-state index contributed by atoms with van der Waals surface area (Å²) >= 11 is 0. The lowest BCUT2D eigenvalue weighted by atomic mass is 10.0. The second-order valence-corrected chi connectivity index (χ2v) is 6.02. The van der Waals surface area contributed by atoms with Crippen molar-refractivity contribution in [3.63, 3.8) is 0 Å². The van der Waals surface area contributed by atoms with Crippen LogP contribution in [0.3, 0.4) is 0 Å². The molecular formula is C17H24N2O2. The van der Waals surface area contributed by atoms with Crippen LogP contribution in [0.2, 0.25) is 0 Å². The van der Waals surface area contributed by atoms with E-state index < -0.39 is 0 Å². The van der Waals surface area contributed by atoms with Crippen LogP contribution in [-0.2, 0) is 11.2 Å². The molecule has 4 nitrogen and oxygen atoms in total. The molecule has 3 rings (SSSR count). The number of rotatable bonds is 4. The Balaban J connectivity index is 1.99. The topological polar surface area (TPSA) is 41.6 Å². The maximum Gasteiger partial charge on any atom is 0.230 e. The summed E-state index contributed by atoms with van der Waals surface area (Å²) in [5, 5.41) is 3.38. The van der Waals surface area contributed by atoms with Crippen molar-refractivity contribution < 1.29 is 9.53 Å². The van der Waals surface area contributed by atoms with Crippen LogP contribution in [0.15, 0.2) is 18.2 Å². The summed E-state index contributed by atoms with van der Waals surface area (Å²) in [5.41, 5.74) is 2.25. The molecule has 1 aromatic carbocycles. The van der Waals surface area contributed by atoms with Gasteiger partial charge < -0.3 is 15.0 Å². The van der Waals surface area contributed by atoms with Crippen molar-refractivity contribution in [1.29, 1.82) is 0 Å². The number of benzene rings is 1. The summed E-state index contributed by atoms with van der Waals surface area (Å²) < 4.78 is 5.66. The molecule has 4 heteroatoms. The number of amides is 1. The van der Waals surface area contributed by atoms with Gasteiger partial charge in [-0.2, -0.15) is 0 Å². The van der Waals surface area contributed by atoms with Crippen LogP contribution in [0.4, 0.5) is 5.69 Å². The minimum absolute atomic E-state index is 0.0591. The van der Waals surface area contributed by atoms with Gasteiger partial charge in [0.05, 0.1) is 18.3 Å². The van der Waals surface area contributed by atoms with E-state index in [-0.39, 0.29) is 17.9 Å². The molecule has 0 bridgehead atoms. The quantitative estimate of drug-likeness (QED) is 0.925. The first-order valence-corrected chi connectivity index (χ1v) is 8.00. The lowest BCUT2D eigenvalue weighted by Gasteiger charge is -2.32. The molecule has 2 aliphatic heterocycles. The summed E-state index contributed by atoms with van der Waals surface area (Å²) in [6, 6.07) is 6.34. The van der Waals surface area contributed by atoms with E-state index in [0.717, 1.165) is 50.4 Å². The van der Waals surface area contributed by atoms with Gasteiger partial charge in [-0.25, -0.2) is 0 Å². The average molecular weight is 288 g/mol. The fraction of sp³-hybridized carbons (Fsp3) is 0.588. The third kappa shape index (κ3) is 2.64. The molecule has 0 radical (unpaired) electrons. The molecule has 2 heterocycles. The smallest absolute Gasteiger partial charge is 0.230 e.